The molecule has 0 atom stereocenters. The Morgan fingerprint density at radius 2 is 1.84 bits per heavy atom. The molecule has 0 aliphatic heterocycles. The molecule has 0 bridgehead atoms. The second kappa shape index (κ2) is 11.8. The summed E-state index contributed by atoms with van der Waals surface area (Å²) in [5.74, 6) is -0.374. The largest absolute Gasteiger partial charge is 0.336 e. The van der Waals surface area contributed by atoms with Crippen molar-refractivity contribution < 1.29 is 21.6 Å². The fourth-order valence-electron chi connectivity index (χ4n) is 3.07. The van der Waals surface area contributed by atoms with E-state index in [1.807, 2.05) is 6.07 Å². The van der Waals surface area contributed by atoms with E-state index in [0.717, 1.165) is 6.26 Å². The van der Waals surface area contributed by atoms with E-state index in [0.29, 0.717) is 16.3 Å². The highest BCUT2D eigenvalue weighted by molar-refractivity contribution is 7.92. The van der Waals surface area contributed by atoms with Gasteiger partial charge in [-0.3, -0.25) is 20.3 Å². The Morgan fingerprint density at radius 1 is 1.11 bits per heavy atom. The maximum atomic E-state index is 12.4. The third-order valence-corrected chi connectivity index (χ3v) is 7.35. The number of sulfonamides is 2. The minimum atomic E-state index is -3.86. The average Bonchev–Trinajstić information content (AvgIpc) is 3.23. The molecule has 17 heteroatoms. The molecule has 1 aromatic heterocycles. The molecule has 202 valence electrons. The lowest BCUT2D eigenvalue weighted by atomic mass is 10.2. The van der Waals surface area contributed by atoms with E-state index in [4.69, 9.17) is 23.2 Å². The Bertz CT molecular complexity index is 1620. The fraction of sp³-hybridized carbons (Fsp3) is 0.190. The minimum absolute atomic E-state index is 0.0775. The molecule has 3 aromatic rings. The molecule has 0 aliphatic rings. The molecule has 2 aromatic carbocycles. The van der Waals surface area contributed by atoms with Crippen LogP contribution in [-0.4, -0.2) is 51.2 Å². The van der Waals surface area contributed by atoms with Crippen LogP contribution in [0, 0.1) is 18.3 Å². The second-order valence-corrected chi connectivity index (χ2v) is 12.3. The minimum Gasteiger partial charge on any atom is -0.336 e. The Hall–Kier alpha value is -3.71. The van der Waals surface area contributed by atoms with Crippen molar-refractivity contribution in [1.82, 2.24) is 20.5 Å². The molecule has 2 amide bonds. The maximum Gasteiger partial charge on any atom is 0.333 e. The first-order chi connectivity index (χ1) is 17.8. The number of aryl methyl sites for hydroxylation is 1. The van der Waals surface area contributed by atoms with Gasteiger partial charge in [-0.25, -0.2) is 26.3 Å². The van der Waals surface area contributed by atoms with Crippen LogP contribution in [0.25, 0.3) is 5.69 Å². The van der Waals surface area contributed by atoms with Gasteiger partial charge in [-0.1, -0.05) is 29.3 Å². The van der Waals surface area contributed by atoms with Crippen molar-refractivity contribution in [3.8, 4) is 11.8 Å². The Balaban J connectivity index is 1.61. The van der Waals surface area contributed by atoms with Gasteiger partial charge in [0.05, 0.1) is 40.3 Å². The van der Waals surface area contributed by atoms with E-state index in [2.05, 4.69) is 30.7 Å². The molecule has 0 fully saturated rings. The van der Waals surface area contributed by atoms with E-state index >= 15 is 0 Å². The number of halogens is 2. The summed E-state index contributed by atoms with van der Waals surface area (Å²) in [6, 6.07) is 10.3. The van der Waals surface area contributed by atoms with Gasteiger partial charge in [-0.05, 0) is 42.8 Å². The summed E-state index contributed by atoms with van der Waals surface area (Å²) in [7, 11) is -7.38. The highest BCUT2D eigenvalue weighted by Crippen LogP contribution is 2.29. The number of urea groups is 1. The zero-order chi connectivity index (χ0) is 28.1. The number of hydrogen-bond donors (Lipinski definition) is 5. The number of aromatic nitrogens is 2. The van der Waals surface area contributed by atoms with Crippen LogP contribution in [0.2, 0.25) is 10.0 Å². The molecule has 0 aliphatic carbocycles. The molecule has 13 nitrogen and oxygen atoms in total. The van der Waals surface area contributed by atoms with Crippen molar-refractivity contribution in [2.45, 2.75) is 6.92 Å². The molecular weight excluding hydrogens is 579 g/mol. The summed E-state index contributed by atoms with van der Waals surface area (Å²) in [5.41, 5.74) is 6.39. The van der Waals surface area contributed by atoms with E-state index in [-0.39, 0.29) is 34.3 Å². The van der Waals surface area contributed by atoms with Gasteiger partial charge >= 0.3 is 6.03 Å². The van der Waals surface area contributed by atoms with Crippen molar-refractivity contribution in [2.75, 3.05) is 33.4 Å². The normalized spacial score (nSPS) is 11.3. The van der Waals surface area contributed by atoms with Crippen LogP contribution in [0.15, 0.2) is 42.6 Å². The van der Waals surface area contributed by atoms with Gasteiger partial charge in [0.25, 0.3) is 0 Å². The summed E-state index contributed by atoms with van der Waals surface area (Å²) in [6.07, 6.45) is 2.26. The van der Waals surface area contributed by atoms with Crippen LogP contribution in [0.3, 0.4) is 0 Å². The lowest BCUT2D eigenvalue weighted by molar-refractivity contribution is 0.243. The van der Waals surface area contributed by atoms with Crippen molar-refractivity contribution in [1.29, 1.82) is 5.26 Å². The van der Waals surface area contributed by atoms with Gasteiger partial charge < -0.3 is 5.32 Å². The average molecular weight is 601 g/mol. The highest BCUT2D eigenvalue weighted by atomic mass is 35.5. The maximum absolute atomic E-state index is 12.4. The lowest BCUT2D eigenvalue weighted by Crippen LogP contribution is -2.41. The smallest absolute Gasteiger partial charge is 0.333 e. The van der Waals surface area contributed by atoms with E-state index in [9.17, 15) is 26.9 Å². The monoisotopic (exact) mass is 600 g/mol. The number of rotatable bonds is 10. The fourth-order valence-corrected chi connectivity index (χ4v) is 5.09. The van der Waals surface area contributed by atoms with E-state index in [1.165, 1.54) is 35.1 Å². The Kier molecular flexibility index (Phi) is 8.94. The van der Waals surface area contributed by atoms with Crippen molar-refractivity contribution in [2.24, 2.45) is 0 Å². The van der Waals surface area contributed by atoms with E-state index in [1.54, 1.807) is 19.1 Å². The number of hydrogen-bond acceptors (Lipinski definition) is 8. The Labute approximate surface area is 229 Å². The topological polar surface area (TPSA) is 187 Å². The quantitative estimate of drug-likeness (QED) is 0.219. The summed E-state index contributed by atoms with van der Waals surface area (Å²) >= 11 is 12.0. The van der Waals surface area contributed by atoms with Gasteiger partial charge in [-0.15, -0.1) is 0 Å². The SMILES string of the molecule is Cc1cc(NS(=O)(=O)CCNC(=O)NNc2c(C#N)cnn2-c2cccc(NS(C)(=O)=O)c2)c(Cl)cc1Cl. The number of benzene rings is 2. The molecule has 0 saturated heterocycles. The molecule has 0 saturated carbocycles. The summed E-state index contributed by atoms with van der Waals surface area (Å²) in [4.78, 5) is 12.3. The van der Waals surface area contributed by atoms with Gasteiger partial charge in [-0.2, -0.15) is 10.4 Å². The van der Waals surface area contributed by atoms with Crippen LogP contribution in [0.5, 0.6) is 0 Å². The zero-order valence-corrected chi connectivity index (χ0v) is 23.1. The predicted octanol–water partition coefficient (Wildman–Crippen LogP) is 2.80. The van der Waals surface area contributed by atoms with Gasteiger partial charge in [0.2, 0.25) is 20.0 Å². The number of nitriles is 1. The molecule has 3 rings (SSSR count). The molecule has 0 spiro atoms. The second-order valence-electron chi connectivity index (χ2n) is 7.86. The first kappa shape index (κ1) is 28.9. The first-order valence-corrected chi connectivity index (χ1v) is 14.9. The first-order valence-electron chi connectivity index (χ1n) is 10.6. The molecule has 0 radical (unpaired) electrons. The van der Waals surface area contributed by atoms with Gasteiger partial charge in [0.15, 0.2) is 5.82 Å². The van der Waals surface area contributed by atoms with Crippen LogP contribution in [0.1, 0.15) is 11.1 Å². The molecule has 38 heavy (non-hydrogen) atoms. The summed E-state index contributed by atoms with van der Waals surface area (Å²) in [5, 5.41) is 16.4. The van der Waals surface area contributed by atoms with Crippen LogP contribution in [-0.2, 0) is 20.0 Å². The van der Waals surface area contributed by atoms with Crippen molar-refractivity contribution in [3.05, 3.63) is 63.8 Å². The third kappa shape index (κ3) is 7.89. The number of hydrazine groups is 1. The summed E-state index contributed by atoms with van der Waals surface area (Å²) in [6.45, 7) is 1.44. The summed E-state index contributed by atoms with van der Waals surface area (Å²) < 4.78 is 53.8. The number of anilines is 3. The standard InChI is InChI=1S/C21H22Cl2N8O5S2/c1-13-8-19(18(23)10-17(13)22)30-38(35,36)7-6-25-21(32)28-27-20-14(11-24)12-26-31(20)16-5-3-4-15(9-16)29-37(2,33)34/h3-5,8-10,12,27,29-30H,6-7H2,1-2H3,(H2,25,28,32). The predicted molar refractivity (Wildman–Crippen MR) is 146 cm³/mol. The van der Waals surface area contributed by atoms with Crippen LogP contribution >= 0.6 is 23.2 Å². The number of nitrogens with one attached hydrogen (secondary N) is 5. The van der Waals surface area contributed by atoms with E-state index < -0.39 is 31.8 Å². The number of nitrogens with zero attached hydrogens (tertiary/aromatic N) is 3. The van der Waals surface area contributed by atoms with Crippen LogP contribution in [0.4, 0.5) is 22.0 Å². The number of amides is 2. The van der Waals surface area contributed by atoms with Crippen molar-refractivity contribution in [3.63, 3.8) is 0 Å². The number of carbonyl (C=O) groups is 1. The zero-order valence-electron chi connectivity index (χ0n) is 19.9. The number of carbonyl (C=O) groups excluding carboxylic acids is 1. The Morgan fingerprint density at radius 3 is 2.53 bits per heavy atom. The van der Waals surface area contributed by atoms with Crippen LogP contribution < -0.4 is 25.6 Å². The molecule has 5 N–H and O–H groups in total. The molecular formula is C21H22Cl2N8O5S2. The molecule has 1 heterocycles. The highest BCUT2D eigenvalue weighted by Gasteiger charge is 2.16. The van der Waals surface area contributed by atoms with Gasteiger partial charge in [0, 0.05) is 11.6 Å². The third-order valence-electron chi connectivity index (χ3n) is 4.75. The molecule has 0 unspecified atom stereocenters. The van der Waals surface area contributed by atoms with Gasteiger partial charge in [0.1, 0.15) is 11.6 Å². The van der Waals surface area contributed by atoms with Crippen molar-refractivity contribution >= 4 is 66.5 Å². The lowest BCUT2D eigenvalue weighted by Gasteiger charge is -2.14.